The van der Waals surface area contributed by atoms with Crippen LogP contribution in [0.5, 0.6) is 0 Å². The maximum absolute atomic E-state index is 12.1. The Bertz CT molecular complexity index is 540. The van der Waals surface area contributed by atoms with E-state index in [0.29, 0.717) is 12.1 Å². The standard InChI is InChI=1S/C15H15BrN2O/c1-18(10-9-12-5-3-2-4-6-12)15(19)13-7-8-14(16)17-11-13/h2-8,11H,9-10H2,1H3. The Balaban J connectivity index is 1.94. The van der Waals surface area contributed by atoms with E-state index in [1.807, 2.05) is 25.2 Å². The third-order valence-electron chi connectivity index (χ3n) is 2.90. The van der Waals surface area contributed by atoms with E-state index in [1.165, 1.54) is 5.56 Å². The molecule has 4 heteroatoms. The van der Waals surface area contributed by atoms with Crippen LogP contribution in [0.15, 0.2) is 53.3 Å². The topological polar surface area (TPSA) is 33.2 Å². The van der Waals surface area contributed by atoms with Crippen LogP contribution in [0.1, 0.15) is 15.9 Å². The van der Waals surface area contributed by atoms with Gasteiger partial charge >= 0.3 is 0 Å². The minimum absolute atomic E-state index is 0.00377. The molecule has 0 saturated carbocycles. The van der Waals surface area contributed by atoms with Crippen molar-refractivity contribution in [3.05, 3.63) is 64.4 Å². The third kappa shape index (κ3) is 3.89. The number of carbonyl (C=O) groups is 1. The smallest absolute Gasteiger partial charge is 0.255 e. The molecule has 0 bridgehead atoms. The number of nitrogens with zero attached hydrogens (tertiary/aromatic N) is 2. The molecule has 0 atom stereocenters. The summed E-state index contributed by atoms with van der Waals surface area (Å²) in [5, 5.41) is 0. The van der Waals surface area contributed by atoms with E-state index < -0.39 is 0 Å². The van der Waals surface area contributed by atoms with E-state index in [-0.39, 0.29) is 5.91 Å². The Morgan fingerprint density at radius 1 is 1.21 bits per heavy atom. The van der Waals surface area contributed by atoms with Crippen molar-refractivity contribution in [2.75, 3.05) is 13.6 Å². The lowest BCUT2D eigenvalue weighted by molar-refractivity contribution is 0.0796. The fourth-order valence-corrected chi connectivity index (χ4v) is 2.00. The van der Waals surface area contributed by atoms with Crippen molar-refractivity contribution in [2.45, 2.75) is 6.42 Å². The molecule has 3 nitrogen and oxygen atoms in total. The molecule has 98 valence electrons. The lowest BCUT2D eigenvalue weighted by atomic mass is 10.1. The van der Waals surface area contributed by atoms with Crippen molar-refractivity contribution in [2.24, 2.45) is 0 Å². The first-order chi connectivity index (χ1) is 9.16. The molecule has 0 unspecified atom stereocenters. The van der Waals surface area contributed by atoms with E-state index in [4.69, 9.17) is 0 Å². The molecule has 0 saturated heterocycles. The zero-order valence-electron chi connectivity index (χ0n) is 10.7. The largest absolute Gasteiger partial charge is 0.341 e. The second-order valence-corrected chi connectivity index (χ2v) is 5.14. The molecule has 19 heavy (non-hydrogen) atoms. The Morgan fingerprint density at radius 3 is 2.58 bits per heavy atom. The van der Waals surface area contributed by atoms with E-state index >= 15 is 0 Å². The van der Waals surface area contributed by atoms with Gasteiger partial charge in [-0.15, -0.1) is 0 Å². The number of hydrogen-bond acceptors (Lipinski definition) is 2. The average molecular weight is 319 g/mol. The quantitative estimate of drug-likeness (QED) is 0.811. The first kappa shape index (κ1) is 13.7. The molecule has 1 heterocycles. The van der Waals surface area contributed by atoms with Gasteiger partial charge in [-0.25, -0.2) is 4.98 Å². The summed E-state index contributed by atoms with van der Waals surface area (Å²) >= 11 is 3.26. The lowest BCUT2D eigenvalue weighted by Crippen LogP contribution is -2.28. The number of halogens is 1. The third-order valence-corrected chi connectivity index (χ3v) is 3.37. The van der Waals surface area contributed by atoms with Crippen molar-refractivity contribution >= 4 is 21.8 Å². The van der Waals surface area contributed by atoms with Gasteiger partial charge in [0, 0.05) is 19.8 Å². The van der Waals surface area contributed by atoms with Crippen molar-refractivity contribution in [3.63, 3.8) is 0 Å². The highest BCUT2D eigenvalue weighted by Gasteiger charge is 2.11. The summed E-state index contributed by atoms with van der Waals surface area (Å²) in [6.07, 6.45) is 2.44. The first-order valence-electron chi connectivity index (χ1n) is 6.08. The van der Waals surface area contributed by atoms with Gasteiger partial charge in [0.2, 0.25) is 0 Å². The van der Waals surface area contributed by atoms with Gasteiger partial charge in [-0.1, -0.05) is 30.3 Å². The van der Waals surface area contributed by atoms with Gasteiger partial charge in [0.15, 0.2) is 0 Å². The number of amides is 1. The maximum atomic E-state index is 12.1. The maximum Gasteiger partial charge on any atom is 0.255 e. The minimum Gasteiger partial charge on any atom is -0.341 e. The average Bonchev–Trinajstić information content (AvgIpc) is 2.46. The molecule has 0 aliphatic rings. The second-order valence-electron chi connectivity index (χ2n) is 4.33. The number of likely N-dealkylation sites (N-methyl/N-ethyl adjacent to an activating group) is 1. The van der Waals surface area contributed by atoms with E-state index in [0.717, 1.165) is 11.0 Å². The Hall–Kier alpha value is -1.68. The van der Waals surface area contributed by atoms with Crippen LogP contribution in [0.4, 0.5) is 0 Å². The van der Waals surface area contributed by atoms with Crippen molar-refractivity contribution in [3.8, 4) is 0 Å². The molecule has 2 aromatic rings. The highest BCUT2D eigenvalue weighted by molar-refractivity contribution is 9.10. The summed E-state index contributed by atoms with van der Waals surface area (Å²) in [6.45, 7) is 0.693. The summed E-state index contributed by atoms with van der Waals surface area (Å²) in [5.74, 6) is -0.00377. The van der Waals surface area contributed by atoms with Crippen molar-refractivity contribution in [1.82, 2.24) is 9.88 Å². The molecule has 0 N–H and O–H groups in total. The lowest BCUT2D eigenvalue weighted by Gasteiger charge is -2.17. The molecule has 0 fully saturated rings. The fourth-order valence-electron chi connectivity index (χ4n) is 1.77. The predicted octanol–water partition coefficient (Wildman–Crippen LogP) is 3.16. The zero-order chi connectivity index (χ0) is 13.7. The molecule has 1 aromatic carbocycles. The summed E-state index contributed by atoms with van der Waals surface area (Å²) in [7, 11) is 1.81. The molecule has 1 amide bonds. The molecular formula is C15H15BrN2O. The van der Waals surface area contributed by atoms with Crippen LogP contribution in [-0.4, -0.2) is 29.4 Å². The van der Waals surface area contributed by atoms with Crippen LogP contribution < -0.4 is 0 Å². The number of aromatic nitrogens is 1. The normalized spacial score (nSPS) is 10.2. The van der Waals surface area contributed by atoms with Crippen LogP contribution in [0.3, 0.4) is 0 Å². The highest BCUT2D eigenvalue weighted by Crippen LogP contribution is 2.09. The van der Waals surface area contributed by atoms with Gasteiger partial charge in [0.1, 0.15) is 4.60 Å². The van der Waals surface area contributed by atoms with Crippen LogP contribution in [0, 0.1) is 0 Å². The van der Waals surface area contributed by atoms with Crippen LogP contribution in [-0.2, 0) is 6.42 Å². The zero-order valence-corrected chi connectivity index (χ0v) is 12.3. The number of rotatable bonds is 4. The SMILES string of the molecule is CN(CCc1ccccc1)C(=O)c1ccc(Br)nc1. The summed E-state index contributed by atoms with van der Waals surface area (Å²) in [4.78, 5) is 17.9. The molecule has 0 radical (unpaired) electrons. The first-order valence-corrected chi connectivity index (χ1v) is 6.87. The van der Waals surface area contributed by atoms with Gasteiger partial charge in [-0.05, 0) is 40.0 Å². The van der Waals surface area contributed by atoms with E-state index in [2.05, 4.69) is 33.0 Å². The number of hydrogen-bond donors (Lipinski definition) is 0. The molecular weight excluding hydrogens is 304 g/mol. The van der Waals surface area contributed by atoms with Gasteiger partial charge in [-0.2, -0.15) is 0 Å². The van der Waals surface area contributed by atoms with Gasteiger partial charge in [0.25, 0.3) is 5.91 Å². The van der Waals surface area contributed by atoms with Gasteiger partial charge in [-0.3, -0.25) is 4.79 Å². The molecule has 1 aromatic heterocycles. The fraction of sp³-hybridized carbons (Fsp3) is 0.200. The number of carbonyl (C=O) groups excluding carboxylic acids is 1. The second kappa shape index (κ2) is 6.48. The number of benzene rings is 1. The van der Waals surface area contributed by atoms with Crippen molar-refractivity contribution in [1.29, 1.82) is 0 Å². The summed E-state index contributed by atoms with van der Waals surface area (Å²) in [6, 6.07) is 13.7. The molecule has 0 spiro atoms. The molecule has 0 aliphatic carbocycles. The summed E-state index contributed by atoms with van der Waals surface area (Å²) in [5.41, 5.74) is 1.84. The predicted molar refractivity (Wildman–Crippen MR) is 79.0 cm³/mol. The van der Waals surface area contributed by atoms with E-state index in [1.54, 1.807) is 23.2 Å². The van der Waals surface area contributed by atoms with Crippen LogP contribution in [0.2, 0.25) is 0 Å². The monoisotopic (exact) mass is 318 g/mol. The van der Waals surface area contributed by atoms with Gasteiger partial charge in [0.05, 0.1) is 5.56 Å². The minimum atomic E-state index is -0.00377. The Morgan fingerprint density at radius 2 is 1.95 bits per heavy atom. The van der Waals surface area contributed by atoms with Crippen LogP contribution in [0.25, 0.3) is 0 Å². The molecule has 2 rings (SSSR count). The van der Waals surface area contributed by atoms with E-state index in [9.17, 15) is 4.79 Å². The van der Waals surface area contributed by atoms with Gasteiger partial charge < -0.3 is 4.90 Å². The highest BCUT2D eigenvalue weighted by atomic mass is 79.9. The summed E-state index contributed by atoms with van der Waals surface area (Å²) < 4.78 is 0.732. The Kier molecular flexibility index (Phi) is 4.68. The van der Waals surface area contributed by atoms with Crippen molar-refractivity contribution < 1.29 is 4.79 Å². The Labute approximate surface area is 121 Å². The van der Waals surface area contributed by atoms with Crippen LogP contribution >= 0.6 is 15.9 Å². The molecule has 0 aliphatic heterocycles. The number of pyridine rings is 1.